The molecule has 0 saturated heterocycles. The first-order chi connectivity index (χ1) is 12.4. The number of rotatable bonds is 6. The Hall–Kier alpha value is -2.16. The van der Waals surface area contributed by atoms with Crippen molar-refractivity contribution in [2.75, 3.05) is 4.72 Å². The highest BCUT2D eigenvalue weighted by atomic mass is 35.5. The first-order valence-corrected chi connectivity index (χ1v) is 9.94. The fourth-order valence-electron chi connectivity index (χ4n) is 2.29. The third kappa shape index (κ3) is 4.14. The topological polar surface area (TPSA) is 89.8 Å². The van der Waals surface area contributed by atoms with E-state index in [9.17, 15) is 8.42 Å². The SMILES string of the molecule is CCc1c(Cl)nc(NS(=O)(=O)c2cnn(Cc3ccccc3)c2)nc1Cl. The third-order valence-electron chi connectivity index (χ3n) is 3.59. The molecule has 0 aliphatic carbocycles. The quantitative estimate of drug-likeness (QED) is 0.627. The van der Waals surface area contributed by atoms with Gasteiger partial charge >= 0.3 is 0 Å². The molecular formula is C16H15Cl2N5O2S. The lowest BCUT2D eigenvalue weighted by Gasteiger charge is -2.08. The molecule has 0 bridgehead atoms. The number of nitrogens with one attached hydrogen (secondary N) is 1. The summed E-state index contributed by atoms with van der Waals surface area (Å²) < 4.78 is 28.8. The zero-order chi connectivity index (χ0) is 18.7. The summed E-state index contributed by atoms with van der Waals surface area (Å²) in [6, 6.07) is 9.58. The zero-order valence-corrected chi connectivity index (χ0v) is 16.1. The first-order valence-electron chi connectivity index (χ1n) is 7.70. The van der Waals surface area contributed by atoms with Crippen LogP contribution in [0.25, 0.3) is 0 Å². The Balaban J connectivity index is 1.81. The van der Waals surface area contributed by atoms with Gasteiger partial charge in [-0.05, 0) is 12.0 Å². The van der Waals surface area contributed by atoms with E-state index in [1.165, 1.54) is 17.1 Å². The van der Waals surface area contributed by atoms with Crippen molar-refractivity contribution in [2.45, 2.75) is 24.8 Å². The van der Waals surface area contributed by atoms with Crippen molar-refractivity contribution in [3.63, 3.8) is 0 Å². The van der Waals surface area contributed by atoms with Gasteiger partial charge in [-0.15, -0.1) is 0 Å². The van der Waals surface area contributed by atoms with Crippen molar-refractivity contribution in [3.05, 3.63) is 64.2 Å². The van der Waals surface area contributed by atoms with Gasteiger partial charge in [0, 0.05) is 11.8 Å². The minimum absolute atomic E-state index is 0.0103. The second-order valence-corrected chi connectivity index (χ2v) is 7.82. The van der Waals surface area contributed by atoms with E-state index in [4.69, 9.17) is 23.2 Å². The summed E-state index contributed by atoms with van der Waals surface area (Å²) in [5.41, 5.74) is 1.57. The Bertz CT molecular complexity index is 999. The maximum absolute atomic E-state index is 12.5. The molecule has 0 amide bonds. The Morgan fingerprint density at radius 3 is 2.38 bits per heavy atom. The Labute approximate surface area is 161 Å². The molecule has 0 radical (unpaired) electrons. The second-order valence-electron chi connectivity index (χ2n) is 5.43. The first kappa shape index (κ1) is 18.6. The van der Waals surface area contributed by atoms with Gasteiger partial charge in [0.25, 0.3) is 10.0 Å². The lowest BCUT2D eigenvalue weighted by atomic mass is 10.2. The van der Waals surface area contributed by atoms with E-state index in [1.807, 2.05) is 37.3 Å². The minimum atomic E-state index is -3.91. The van der Waals surface area contributed by atoms with Gasteiger partial charge in [-0.25, -0.2) is 13.1 Å². The smallest absolute Gasteiger partial charge is 0.267 e. The number of halogens is 2. The van der Waals surface area contributed by atoms with Crippen LogP contribution < -0.4 is 4.72 Å². The van der Waals surface area contributed by atoms with Crippen LogP contribution in [-0.2, 0) is 23.0 Å². The maximum atomic E-state index is 12.5. The van der Waals surface area contributed by atoms with Crippen LogP contribution in [0.15, 0.2) is 47.6 Å². The number of hydrogen-bond acceptors (Lipinski definition) is 5. The van der Waals surface area contributed by atoms with Gasteiger partial charge in [0.2, 0.25) is 5.95 Å². The lowest BCUT2D eigenvalue weighted by molar-refractivity contribution is 0.600. The Morgan fingerprint density at radius 1 is 1.12 bits per heavy atom. The molecule has 1 N–H and O–H groups in total. The van der Waals surface area contributed by atoms with Gasteiger partial charge in [0.15, 0.2) is 0 Å². The van der Waals surface area contributed by atoms with E-state index in [0.717, 1.165) is 5.56 Å². The summed E-state index contributed by atoms with van der Waals surface area (Å²) in [5, 5.41) is 4.32. The van der Waals surface area contributed by atoms with Gasteiger partial charge in [-0.1, -0.05) is 60.5 Å². The van der Waals surface area contributed by atoms with E-state index in [2.05, 4.69) is 19.8 Å². The molecule has 26 heavy (non-hydrogen) atoms. The third-order valence-corrected chi connectivity index (χ3v) is 5.50. The number of aromatic nitrogens is 4. The van der Waals surface area contributed by atoms with E-state index < -0.39 is 10.0 Å². The van der Waals surface area contributed by atoms with Gasteiger partial charge in [-0.3, -0.25) is 4.68 Å². The van der Waals surface area contributed by atoms with Crippen LogP contribution >= 0.6 is 23.2 Å². The predicted molar refractivity (Wildman–Crippen MR) is 100 cm³/mol. The number of benzene rings is 1. The molecule has 1 aromatic carbocycles. The molecular weight excluding hydrogens is 397 g/mol. The number of sulfonamides is 1. The zero-order valence-electron chi connectivity index (χ0n) is 13.7. The largest absolute Gasteiger partial charge is 0.267 e. The van der Waals surface area contributed by atoms with Crippen molar-refractivity contribution in [3.8, 4) is 0 Å². The van der Waals surface area contributed by atoms with Gasteiger partial charge < -0.3 is 0 Å². The molecule has 2 heterocycles. The Kier molecular flexibility index (Phi) is 5.45. The average Bonchev–Trinajstić information content (AvgIpc) is 3.04. The molecule has 2 aromatic heterocycles. The van der Waals surface area contributed by atoms with Crippen LogP contribution in [0.4, 0.5) is 5.95 Å². The fraction of sp³-hybridized carbons (Fsp3) is 0.188. The van der Waals surface area contributed by atoms with Crippen molar-refractivity contribution in [1.82, 2.24) is 19.7 Å². The maximum Gasteiger partial charge on any atom is 0.267 e. The normalized spacial score (nSPS) is 11.5. The molecule has 0 fully saturated rings. The summed E-state index contributed by atoms with van der Waals surface area (Å²) in [7, 11) is -3.91. The monoisotopic (exact) mass is 411 g/mol. The molecule has 0 spiro atoms. The van der Waals surface area contributed by atoms with E-state index in [1.54, 1.807) is 0 Å². The predicted octanol–water partition coefficient (Wildman–Crippen LogP) is 3.39. The molecule has 0 aliphatic heterocycles. The molecule has 0 aliphatic rings. The molecule has 0 atom stereocenters. The molecule has 0 unspecified atom stereocenters. The summed E-state index contributed by atoms with van der Waals surface area (Å²) >= 11 is 12.0. The van der Waals surface area contributed by atoms with E-state index >= 15 is 0 Å². The molecule has 7 nitrogen and oxygen atoms in total. The van der Waals surface area contributed by atoms with Crippen LogP contribution in [0, 0.1) is 0 Å². The van der Waals surface area contributed by atoms with Crippen LogP contribution in [0.5, 0.6) is 0 Å². The minimum Gasteiger partial charge on any atom is -0.267 e. The van der Waals surface area contributed by atoms with E-state index in [0.29, 0.717) is 18.5 Å². The number of nitrogens with zero attached hydrogens (tertiary/aromatic N) is 4. The van der Waals surface area contributed by atoms with Crippen molar-refractivity contribution < 1.29 is 8.42 Å². The number of anilines is 1. The highest BCUT2D eigenvalue weighted by Gasteiger charge is 2.20. The standard InChI is InChI=1S/C16H15Cl2N5O2S/c1-2-13-14(17)20-16(21-15(13)18)22-26(24,25)12-8-19-23(10-12)9-11-6-4-3-5-7-11/h3-8,10H,2,9H2,1H3,(H,20,21,22). The highest BCUT2D eigenvalue weighted by Crippen LogP contribution is 2.24. The van der Waals surface area contributed by atoms with Crippen LogP contribution in [0.2, 0.25) is 10.3 Å². The Morgan fingerprint density at radius 2 is 1.77 bits per heavy atom. The average molecular weight is 412 g/mol. The van der Waals surface area contributed by atoms with Crippen LogP contribution in [-0.4, -0.2) is 28.2 Å². The van der Waals surface area contributed by atoms with Crippen LogP contribution in [0.3, 0.4) is 0 Å². The summed E-state index contributed by atoms with van der Waals surface area (Å²) in [5.74, 6) is -0.187. The summed E-state index contributed by atoms with van der Waals surface area (Å²) in [6.45, 7) is 2.30. The molecule has 136 valence electrons. The number of hydrogen-bond donors (Lipinski definition) is 1. The van der Waals surface area contributed by atoms with Crippen molar-refractivity contribution in [2.24, 2.45) is 0 Å². The van der Waals surface area contributed by atoms with Gasteiger partial charge in [0.05, 0.1) is 12.7 Å². The second kappa shape index (κ2) is 7.61. The highest BCUT2D eigenvalue weighted by molar-refractivity contribution is 7.92. The molecule has 3 rings (SSSR count). The molecule has 10 heteroatoms. The molecule has 3 aromatic rings. The van der Waals surface area contributed by atoms with E-state index in [-0.39, 0.29) is 21.2 Å². The summed E-state index contributed by atoms with van der Waals surface area (Å²) in [6.07, 6.45) is 3.23. The van der Waals surface area contributed by atoms with Gasteiger partial charge in [-0.2, -0.15) is 15.1 Å². The fourth-order valence-corrected chi connectivity index (χ4v) is 3.84. The van der Waals surface area contributed by atoms with Crippen molar-refractivity contribution in [1.29, 1.82) is 0 Å². The van der Waals surface area contributed by atoms with Crippen LogP contribution in [0.1, 0.15) is 18.1 Å². The molecule has 0 saturated carbocycles. The van der Waals surface area contributed by atoms with Crippen molar-refractivity contribution >= 4 is 39.2 Å². The van der Waals surface area contributed by atoms with Gasteiger partial charge in [0.1, 0.15) is 15.2 Å². The summed E-state index contributed by atoms with van der Waals surface area (Å²) in [4.78, 5) is 7.87. The lowest BCUT2D eigenvalue weighted by Crippen LogP contribution is -2.15.